The summed E-state index contributed by atoms with van der Waals surface area (Å²) in [4.78, 5) is 45.9. The fraction of sp³-hybridized carbons (Fsp3) is 0.214. The van der Waals surface area contributed by atoms with E-state index in [1.54, 1.807) is 29.2 Å². The van der Waals surface area contributed by atoms with Gasteiger partial charge in [0.1, 0.15) is 11.9 Å². The average molecular weight is 483 g/mol. The number of imidazole rings is 1. The third kappa shape index (κ3) is 4.22. The lowest BCUT2D eigenvalue weighted by molar-refractivity contribution is -0.142. The van der Waals surface area contributed by atoms with E-state index in [0.29, 0.717) is 12.2 Å². The van der Waals surface area contributed by atoms with Crippen molar-refractivity contribution in [2.24, 2.45) is 0 Å². The molecule has 0 saturated carbocycles. The molecule has 0 spiro atoms. The predicted molar refractivity (Wildman–Crippen MR) is 135 cm³/mol. The van der Waals surface area contributed by atoms with Crippen LogP contribution >= 0.6 is 0 Å². The van der Waals surface area contributed by atoms with Crippen LogP contribution in [-0.2, 0) is 20.9 Å². The second-order valence-electron chi connectivity index (χ2n) is 8.76. The first-order valence-corrected chi connectivity index (χ1v) is 11.8. The van der Waals surface area contributed by atoms with Crippen LogP contribution in [0.25, 0.3) is 11.0 Å². The molecule has 4 aromatic rings. The maximum absolute atomic E-state index is 13.9. The number of carbonyl (C=O) groups is 3. The zero-order valence-electron chi connectivity index (χ0n) is 20.0. The summed E-state index contributed by atoms with van der Waals surface area (Å²) in [5.41, 5.74) is 3.16. The number of aromatic nitrogens is 2. The van der Waals surface area contributed by atoms with Crippen LogP contribution in [0, 0.1) is 0 Å². The summed E-state index contributed by atoms with van der Waals surface area (Å²) in [5, 5.41) is 2.80. The van der Waals surface area contributed by atoms with Crippen LogP contribution in [0.1, 0.15) is 47.2 Å². The fourth-order valence-electron chi connectivity index (χ4n) is 4.75. The van der Waals surface area contributed by atoms with E-state index in [2.05, 4.69) is 5.32 Å². The van der Waals surface area contributed by atoms with Gasteiger partial charge in [-0.05, 0) is 36.8 Å². The summed E-state index contributed by atoms with van der Waals surface area (Å²) < 4.78 is 6.71. The Morgan fingerprint density at radius 3 is 2.44 bits per heavy atom. The lowest BCUT2D eigenvalue weighted by atomic mass is 10.0. The molecule has 5 rings (SSSR count). The van der Waals surface area contributed by atoms with Crippen molar-refractivity contribution in [2.75, 3.05) is 12.4 Å². The molecule has 182 valence electrons. The van der Waals surface area contributed by atoms with Crippen LogP contribution in [0.4, 0.5) is 5.69 Å². The monoisotopic (exact) mass is 482 g/mol. The lowest BCUT2D eigenvalue weighted by Gasteiger charge is -2.38. The van der Waals surface area contributed by atoms with Gasteiger partial charge in [-0.15, -0.1) is 0 Å². The van der Waals surface area contributed by atoms with Gasteiger partial charge in [0.2, 0.25) is 11.8 Å². The smallest absolute Gasteiger partial charge is 0.339 e. The van der Waals surface area contributed by atoms with Crippen molar-refractivity contribution in [2.45, 2.75) is 32.0 Å². The summed E-state index contributed by atoms with van der Waals surface area (Å²) >= 11 is 0. The minimum atomic E-state index is -0.780. The maximum atomic E-state index is 13.9. The molecular formula is C28H26N4O4. The highest BCUT2D eigenvalue weighted by Crippen LogP contribution is 2.37. The van der Waals surface area contributed by atoms with E-state index in [0.717, 1.165) is 22.4 Å². The summed E-state index contributed by atoms with van der Waals surface area (Å²) in [5.74, 6) is -0.356. The van der Waals surface area contributed by atoms with Crippen molar-refractivity contribution in [3.63, 3.8) is 0 Å². The SMILES string of the molecule is COC(=O)c1ccccc1NC(=O)C[C@H]1C(=O)N(Cc2ccccc2)[C@@H](C)c2nc3ccccc3n21. The maximum Gasteiger partial charge on any atom is 0.339 e. The standard InChI is InChI=1S/C28H26N4O4/c1-18-26-30-22-14-8-9-15-23(22)32(26)24(27(34)31(18)17-19-10-4-3-5-11-19)16-25(33)29-21-13-7-6-12-20(21)28(35)36-2/h3-15,18,24H,16-17H2,1-2H3,(H,29,33)/t18-,24-/m0/s1. The van der Waals surface area contributed by atoms with Crippen molar-refractivity contribution >= 4 is 34.5 Å². The molecule has 2 amide bonds. The van der Waals surface area contributed by atoms with Crippen LogP contribution < -0.4 is 5.32 Å². The Morgan fingerprint density at radius 1 is 0.972 bits per heavy atom. The molecule has 0 saturated heterocycles. The van der Waals surface area contributed by atoms with Crippen LogP contribution in [-0.4, -0.2) is 39.3 Å². The van der Waals surface area contributed by atoms with Crippen molar-refractivity contribution in [3.05, 3.63) is 95.8 Å². The first-order valence-electron chi connectivity index (χ1n) is 11.8. The van der Waals surface area contributed by atoms with Crippen molar-refractivity contribution < 1.29 is 19.1 Å². The minimum Gasteiger partial charge on any atom is -0.465 e. The number of para-hydroxylation sites is 3. The van der Waals surface area contributed by atoms with Crippen LogP contribution in [0.3, 0.4) is 0 Å². The molecule has 1 aliphatic rings. The third-order valence-electron chi connectivity index (χ3n) is 6.53. The summed E-state index contributed by atoms with van der Waals surface area (Å²) in [6.45, 7) is 2.37. The molecule has 2 heterocycles. The zero-order chi connectivity index (χ0) is 25.2. The van der Waals surface area contributed by atoms with E-state index in [1.165, 1.54) is 7.11 Å². The van der Waals surface area contributed by atoms with Gasteiger partial charge in [-0.25, -0.2) is 9.78 Å². The number of carbonyl (C=O) groups excluding carboxylic acids is 3. The summed E-state index contributed by atoms with van der Waals surface area (Å²) in [6, 6.07) is 23.0. The summed E-state index contributed by atoms with van der Waals surface area (Å²) in [6.07, 6.45) is -0.111. The van der Waals surface area contributed by atoms with Crippen molar-refractivity contribution in [1.82, 2.24) is 14.5 Å². The number of fused-ring (bicyclic) bond motifs is 3. The number of nitrogens with zero attached hydrogens (tertiary/aromatic N) is 3. The number of ether oxygens (including phenoxy) is 1. The molecule has 0 radical (unpaired) electrons. The van der Waals surface area contributed by atoms with E-state index >= 15 is 0 Å². The number of amides is 2. The van der Waals surface area contributed by atoms with Gasteiger partial charge < -0.3 is 19.5 Å². The molecule has 0 unspecified atom stereocenters. The molecule has 8 nitrogen and oxygen atoms in total. The Balaban J connectivity index is 1.50. The molecule has 8 heteroatoms. The average Bonchev–Trinajstić information content (AvgIpc) is 3.29. The van der Waals surface area contributed by atoms with Crippen molar-refractivity contribution in [1.29, 1.82) is 0 Å². The van der Waals surface area contributed by atoms with Crippen LogP contribution in [0.5, 0.6) is 0 Å². The van der Waals surface area contributed by atoms with Crippen LogP contribution in [0.2, 0.25) is 0 Å². The molecule has 2 atom stereocenters. The van der Waals surface area contributed by atoms with Crippen molar-refractivity contribution in [3.8, 4) is 0 Å². The molecule has 0 bridgehead atoms. The Hall–Kier alpha value is -4.46. The molecular weight excluding hydrogens is 456 g/mol. The van der Waals surface area contributed by atoms with E-state index in [9.17, 15) is 14.4 Å². The fourth-order valence-corrected chi connectivity index (χ4v) is 4.75. The number of methoxy groups -OCH3 is 1. The second kappa shape index (κ2) is 9.65. The van der Waals surface area contributed by atoms with E-state index in [4.69, 9.17) is 9.72 Å². The highest BCUT2D eigenvalue weighted by molar-refractivity contribution is 6.02. The van der Waals surface area contributed by atoms with E-state index < -0.39 is 12.0 Å². The number of esters is 1. The number of anilines is 1. The molecule has 0 fully saturated rings. The third-order valence-corrected chi connectivity index (χ3v) is 6.53. The Morgan fingerprint density at radius 2 is 1.67 bits per heavy atom. The summed E-state index contributed by atoms with van der Waals surface area (Å²) in [7, 11) is 1.29. The number of hydrogen-bond donors (Lipinski definition) is 1. The highest BCUT2D eigenvalue weighted by Gasteiger charge is 2.40. The van der Waals surface area contributed by atoms with Gasteiger partial charge in [0.25, 0.3) is 0 Å². The quantitative estimate of drug-likeness (QED) is 0.409. The topological polar surface area (TPSA) is 93.5 Å². The van der Waals surface area contributed by atoms with Gasteiger partial charge in [-0.3, -0.25) is 9.59 Å². The number of benzene rings is 3. The highest BCUT2D eigenvalue weighted by atomic mass is 16.5. The zero-order valence-corrected chi connectivity index (χ0v) is 20.0. The van der Waals surface area contributed by atoms with Gasteiger partial charge in [-0.2, -0.15) is 0 Å². The number of rotatable bonds is 6. The van der Waals surface area contributed by atoms with E-state index in [-0.39, 0.29) is 29.8 Å². The lowest BCUT2D eigenvalue weighted by Crippen LogP contribution is -2.45. The first kappa shape index (κ1) is 23.3. The molecule has 1 N–H and O–H groups in total. The molecule has 1 aliphatic heterocycles. The van der Waals surface area contributed by atoms with Crippen LogP contribution in [0.15, 0.2) is 78.9 Å². The first-order chi connectivity index (χ1) is 17.5. The molecule has 3 aromatic carbocycles. The number of hydrogen-bond acceptors (Lipinski definition) is 5. The van der Waals surface area contributed by atoms with Gasteiger partial charge >= 0.3 is 5.97 Å². The largest absolute Gasteiger partial charge is 0.465 e. The van der Waals surface area contributed by atoms with Gasteiger partial charge in [0, 0.05) is 6.54 Å². The minimum absolute atomic E-state index is 0.111. The molecule has 0 aliphatic carbocycles. The normalized spacial score (nSPS) is 17.1. The predicted octanol–water partition coefficient (Wildman–Crippen LogP) is 4.50. The van der Waals surface area contributed by atoms with E-state index in [1.807, 2.05) is 66.1 Å². The second-order valence-corrected chi connectivity index (χ2v) is 8.76. The number of nitrogens with one attached hydrogen (secondary N) is 1. The van der Waals surface area contributed by atoms with Gasteiger partial charge in [0.15, 0.2) is 0 Å². The Kier molecular flexibility index (Phi) is 6.25. The molecule has 36 heavy (non-hydrogen) atoms. The van der Waals surface area contributed by atoms with Gasteiger partial charge in [-0.1, -0.05) is 54.6 Å². The Bertz CT molecular complexity index is 1450. The van der Waals surface area contributed by atoms with Gasteiger partial charge in [0.05, 0.1) is 41.9 Å². The Labute approximate surface area is 208 Å². The molecule has 1 aromatic heterocycles.